The first-order valence-corrected chi connectivity index (χ1v) is 8.46. The molecule has 0 aliphatic rings. The van der Waals surface area contributed by atoms with Gasteiger partial charge in [-0.3, -0.25) is 4.21 Å². The van der Waals surface area contributed by atoms with Crippen LogP contribution in [0.4, 0.5) is 5.69 Å². The number of hydrogen-bond acceptors (Lipinski definition) is 3. The van der Waals surface area contributed by atoms with Crippen LogP contribution in [0.1, 0.15) is 4.88 Å². The van der Waals surface area contributed by atoms with Gasteiger partial charge >= 0.3 is 0 Å². The molecule has 0 amide bonds. The van der Waals surface area contributed by atoms with E-state index < -0.39 is 10.8 Å². The summed E-state index contributed by atoms with van der Waals surface area (Å²) in [6, 6.07) is 9.30. The maximum Gasteiger partial charge on any atom is 0.0701 e. The first-order chi connectivity index (χ1) is 8.06. The van der Waals surface area contributed by atoms with Gasteiger partial charge in [0.2, 0.25) is 0 Å². The lowest BCUT2D eigenvalue weighted by atomic mass is 10.3. The minimum atomic E-state index is -1.05. The van der Waals surface area contributed by atoms with E-state index in [1.54, 1.807) is 29.5 Å². The molecule has 0 aliphatic carbocycles. The molecule has 0 saturated carbocycles. The van der Waals surface area contributed by atoms with Gasteiger partial charge < -0.3 is 5.73 Å². The van der Waals surface area contributed by atoms with Gasteiger partial charge in [-0.05, 0) is 62.2 Å². The quantitative estimate of drug-likeness (QED) is 0.794. The highest BCUT2D eigenvalue weighted by Gasteiger charge is 2.10. The average molecular weight is 395 g/mol. The normalized spacial score (nSPS) is 12.6. The van der Waals surface area contributed by atoms with Gasteiger partial charge in [-0.15, -0.1) is 11.3 Å². The fourth-order valence-electron chi connectivity index (χ4n) is 1.34. The van der Waals surface area contributed by atoms with Crippen molar-refractivity contribution in [2.24, 2.45) is 0 Å². The van der Waals surface area contributed by atoms with Crippen molar-refractivity contribution in [2.45, 2.75) is 10.6 Å². The van der Waals surface area contributed by atoms with Crippen molar-refractivity contribution in [3.05, 3.63) is 43.5 Å². The zero-order valence-corrected chi connectivity index (χ0v) is 13.5. The molecule has 0 radical (unpaired) electrons. The van der Waals surface area contributed by atoms with Crippen LogP contribution in [0.15, 0.2) is 43.5 Å². The lowest BCUT2D eigenvalue weighted by Gasteiger charge is -2.04. The third-order valence-corrected chi connectivity index (χ3v) is 6.25. The van der Waals surface area contributed by atoms with Gasteiger partial charge in [0.15, 0.2) is 0 Å². The van der Waals surface area contributed by atoms with Crippen molar-refractivity contribution in [3.8, 4) is 0 Å². The Labute approximate surface area is 123 Å². The summed E-state index contributed by atoms with van der Waals surface area (Å²) >= 11 is 8.39. The lowest BCUT2D eigenvalue weighted by molar-refractivity contribution is 0.682. The molecular weight excluding hydrogens is 386 g/mol. The van der Waals surface area contributed by atoms with Crippen LogP contribution >= 0.6 is 43.2 Å². The molecule has 1 aromatic carbocycles. The van der Waals surface area contributed by atoms with E-state index in [4.69, 9.17) is 5.73 Å². The van der Waals surface area contributed by atoms with Crippen molar-refractivity contribution in [3.63, 3.8) is 0 Å². The largest absolute Gasteiger partial charge is 0.399 e. The zero-order chi connectivity index (χ0) is 12.4. The van der Waals surface area contributed by atoms with Gasteiger partial charge in [0.25, 0.3) is 0 Å². The number of anilines is 1. The molecule has 6 heteroatoms. The van der Waals surface area contributed by atoms with Gasteiger partial charge in [-0.1, -0.05) is 0 Å². The minimum absolute atomic E-state index is 0.527. The fraction of sp³-hybridized carbons (Fsp3) is 0.0909. The Morgan fingerprint density at radius 3 is 2.59 bits per heavy atom. The number of hydrogen-bond donors (Lipinski definition) is 1. The van der Waals surface area contributed by atoms with E-state index in [-0.39, 0.29) is 0 Å². The monoisotopic (exact) mass is 393 g/mol. The molecule has 2 N–H and O–H groups in total. The smallest absolute Gasteiger partial charge is 0.0701 e. The van der Waals surface area contributed by atoms with Gasteiger partial charge in [-0.2, -0.15) is 0 Å². The van der Waals surface area contributed by atoms with Gasteiger partial charge in [0.1, 0.15) is 0 Å². The summed E-state index contributed by atoms with van der Waals surface area (Å²) in [4.78, 5) is 1.88. The fourth-order valence-corrected chi connectivity index (χ4v) is 5.12. The summed E-state index contributed by atoms with van der Waals surface area (Å²) in [7, 11) is -1.05. The molecule has 0 fully saturated rings. The van der Waals surface area contributed by atoms with Gasteiger partial charge in [0, 0.05) is 15.0 Å². The predicted molar refractivity (Wildman–Crippen MR) is 80.7 cm³/mol. The molecule has 0 saturated heterocycles. The molecular formula is C11H9Br2NOS2. The molecule has 17 heavy (non-hydrogen) atoms. The average Bonchev–Trinajstić information content (AvgIpc) is 2.63. The molecule has 1 aromatic heterocycles. The lowest BCUT2D eigenvalue weighted by Crippen LogP contribution is -1.96. The summed E-state index contributed by atoms with van der Waals surface area (Å²) in [6.45, 7) is 0. The summed E-state index contributed by atoms with van der Waals surface area (Å²) in [6.07, 6.45) is 0. The van der Waals surface area contributed by atoms with Crippen molar-refractivity contribution < 1.29 is 4.21 Å². The van der Waals surface area contributed by atoms with Crippen molar-refractivity contribution >= 4 is 59.7 Å². The number of benzene rings is 1. The molecule has 2 nitrogen and oxygen atoms in total. The SMILES string of the molecule is Nc1ccc(S(=O)Cc2ccc(Br)s2)c(Br)c1. The van der Waals surface area contributed by atoms with Crippen LogP contribution in [-0.4, -0.2) is 4.21 Å². The third-order valence-electron chi connectivity index (χ3n) is 2.10. The Morgan fingerprint density at radius 1 is 1.24 bits per heavy atom. The van der Waals surface area contributed by atoms with Crippen molar-refractivity contribution in [2.75, 3.05) is 5.73 Å². The molecule has 1 atom stereocenters. The van der Waals surface area contributed by atoms with Gasteiger partial charge in [-0.25, -0.2) is 0 Å². The molecule has 2 rings (SSSR count). The zero-order valence-electron chi connectivity index (χ0n) is 8.65. The van der Waals surface area contributed by atoms with E-state index in [9.17, 15) is 4.21 Å². The molecule has 1 unspecified atom stereocenters. The number of thiophene rings is 1. The van der Waals surface area contributed by atoms with Crippen LogP contribution in [0.25, 0.3) is 0 Å². The standard InChI is InChI=1S/C11H9Br2NOS2/c12-9-5-7(14)1-3-10(9)17(15)6-8-2-4-11(13)16-8/h1-5H,6,14H2. The summed E-state index contributed by atoms with van der Waals surface area (Å²) < 4.78 is 14.0. The van der Waals surface area contributed by atoms with Crippen LogP contribution in [0.2, 0.25) is 0 Å². The first kappa shape index (κ1) is 13.3. The molecule has 0 spiro atoms. The van der Waals surface area contributed by atoms with Crippen molar-refractivity contribution in [1.29, 1.82) is 0 Å². The number of halogens is 2. The summed E-state index contributed by atoms with van der Waals surface area (Å²) in [5, 5.41) is 0. The van der Waals surface area contributed by atoms with E-state index in [1.807, 2.05) is 12.1 Å². The molecule has 0 aliphatic heterocycles. The third kappa shape index (κ3) is 3.40. The number of nitrogens with two attached hydrogens (primary N) is 1. The Kier molecular flexibility index (Phi) is 4.41. The van der Waals surface area contributed by atoms with Crippen LogP contribution in [0.3, 0.4) is 0 Å². The highest BCUT2D eigenvalue weighted by atomic mass is 79.9. The maximum absolute atomic E-state index is 12.2. The highest BCUT2D eigenvalue weighted by molar-refractivity contribution is 9.11. The Hall–Kier alpha value is -0.170. The second-order valence-electron chi connectivity index (χ2n) is 3.39. The van der Waals surface area contributed by atoms with Crippen LogP contribution in [0.5, 0.6) is 0 Å². The van der Waals surface area contributed by atoms with Crippen LogP contribution in [-0.2, 0) is 16.6 Å². The molecule has 90 valence electrons. The van der Waals surface area contributed by atoms with Crippen molar-refractivity contribution in [1.82, 2.24) is 0 Å². The van der Waals surface area contributed by atoms with E-state index in [0.717, 1.165) is 18.0 Å². The maximum atomic E-state index is 12.2. The van der Waals surface area contributed by atoms with E-state index in [0.29, 0.717) is 11.4 Å². The van der Waals surface area contributed by atoms with E-state index in [2.05, 4.69) is 31.9 Å². The summed E-state index contributed by atoms with van der Waals surface area (Å²) in [5.41, 5.74) is 6.31. The Bertz CT molecular complexity index is 568. The first-order valence-electron chi connectivity index (χ1n) is 4.74. The topological polar surface area (TPSA) is 43.1 Å². The van der Waals surface area contributed by atoms with Gasteiger partial charge in [0.05, 0.1) is 25.2 Å². The Balaban J connectivity index is 2.20. The minimum Gasteiger partial charge on any atom is -0.399 e. The second kappa shape index (κ2) is 5.65. The number of nitrogen functional groups attached to an aromatic ring is 1. The summed E-state index contributed by atoms with van der Waals surface area (Å²) in [5.74, 6) is 0.527. The van der Waals surface area contributed by atoms with E-state index >= 15 is 0 Å². The van der Waals surface area contributed by atoms with Crippen LogP contribution in [0, 0.1) is 0 Å². The van der Waals surface area contributed by atoms with Crippen LogP contribution < -0.4 is 5.73 Å². The highest BCUT2D eigenvalue weighted by Crippen LogP contribution is 2.28. The molecule has 1 heterocycles. The number of rotatable bonds is 3. The predicted octanol–water partition coefficient (Wildman–Crippen LogP) is 4.16. The van der Waals surface area contributed by atoms with E-state index in [1.165, 1.54) is 0 Å². The molecule has 2 aromatic rings. The molecule has 0 bridgehead atoms. The second-order valence-corrected chi connectivity index (χ2v) is 8.21. The Morgan fingerprint density at radius 2 is 2.00 bits per heavy atom.